The van der Waals surface area contributed by atoms with E-state index in [-0.39, 0.29) is 5.91 Å². The van der Waals surface area contributed by atoms with Gasteiger partial charge in [-0.1, -0.05) is 60.2 Å². The Morgan fingerprint density at radius 1 is 0.962 bits per heavy atom. The Labute approximate surface area is 153 Å². The molecule has 3 aromatic carbocycles. The summed E-state index contributed by atoms with van der Waals surface area (Å²) in [4.78, 5) is 12.3. The van der Waals surface area contributed by atoms with E-state index in [0.29, 0.717) is 0 Å². The van der Waals surface area contributed by atoms with Crippen LogP contribution in [0, 0.1) is 6.92 Å². The van der Waals surface area contributed by atoms with Crippen LogP contribution in [0.15, 0.2) is 71.8 Å². The largest absolute Gasteiger partial charge is 0.374 e. The van der Waals surface area contributed by atoms with E-state index in [9.17, 15) is 4.79 Å². The molecule has 132 valence electrons. The van der Waals surface area contributed by atoms with Gasteiger partial charge in [-0.05, 0) is 49.2 Å². The monoisotopic (exact) mass is 345 g/mol. The summed E-state index contributed by atoms with van der Waals surface area (Å²) in [7, 11) is 0. The van der Waals surface area contributed by atoms with Crippen LogP contribution >= 0.6 is 0 Å². The minimum absolute atomic E-state index is 0.176. The third-order valence-corrected chi connectivity index (χ3v) is 4.33. The number of aryl methyl sites for hydroxylation is 1. The van der Waals surface area contributed by atoms with E-state index in [1.54, 1.807) is 0 Å². The van der Waals surface area contributed by atoms with Gasteiger partial charge >= 0.3 is 0 Å². The number of rotatable bonds is 5. The highest BCUT2D eigenvalue weighted by Crippen LogP contribution is 2.19. The molecule has 3 aromatic rings. The predicted octanol–water partition coefficient (Wildman–Crippen LogP) is 4.49. The van der Waals surface area contributed by atoms with Crippen molar-refractivity contribution in [3.63, 3.8) is 0 Å². The van der Waals surface area contributed by atoms with Crippen molar-refractivity contribution in [2.75, 3.05) is 5.32 Å². The lowest BCUT2D eigenvalue weighted by Gasteiger charge is -2.14. The molecule has 26 heavy (non-hydrogen) atoms. The third kappa shape index (κ3) is 4.28. The summed E-state index contributed by atoms with van der Waals surface area (Å²) < 4.78 is 0. The first kappa shape index (κ1) is 17.7. The SMILES string of the molecule is CC(=NNC(=O)C(C)Nc1ccc2ccccc2c1)c1ccc(C)cc1. The average molecular weight is 345 g/mol. The standard InChI is InChI=1S/C22H23N3O/c1-15-8-10-18(11-9-15)16(2)24-25-22(26)17(3)23-21-13-12-19-6-4-5-7-20(19)14-21/h4-14,17,23H,1-3H3,(H,25,26). The van der Waals surface area contributed by atoms with Crippen LogP contribution in [0.3, 0.4) is 0 Å². The van der Waals surface area contributed by atoms with Crippen molar-refractivity contribution in [2.24, 2.45) is 5.10 Å². The number of fused-ring (bicyclic) bond motifs is 1. The smallest absolute Gasteiger partial charge is 0.262 e. The predicted molar refractivity (Wildman–Crippen MR) is 109 cm³/mol. The zero-order valence-corrected chi connectivity index (χ0v) is 15.3. The Kier molecular flexibility index (Phi) is 5.32. The Morgan fingerprint density at radius 3 is 2.38 bits per heavy atom. The topological polar surface area (TPSA) is 53.5 Å². The molecule has 4 nitrogen and oxygen atoms in total. The number of hydrogen-bond donors (Lipinski definition) is 2. The molecular weight excluding hydrogens is 322 g/mol. The molecule has 0 heterocycles. The van der Waals surface area contributed by atoms with Crippen LogP contribution in [-0.4, -0.2) is 17.7 Å². The maximum Gasteiger partial charge on any atom is 0.262 e. The number of nitrogens with one attached hydrogen (secondary N) is 2. The summed E-state index contributed by atoms with van der Waals surface area (Å²) in [5, 5.41) is 9.75. The zero-order chi connectivity index (χ0) is 18.5. The summed E-state index contributed by atoms with van der Waals surface area (Å²) in [5.74, 6) is -0.176. The molecule has 0 aromatic heterocycles. The van der Waals surface area contributed by atoms with Crippen LogP contribution in [0.1, 0.15) is 25.0 Å². The molecule has 0 spiro atoms. The summed E-state index contributed by atoms with van der Waals surface area (Å²) in [6.07, 6.45) is 0. The zero-order valence-electron chi connectivity index (χ0n) is 15.3. The summed E-state index contributed by atoms with van der Waals surface area (Å²) in [6.45, 7) is 5.74. The van der Waals surface area contributed by atoms with Crippen LogP contribution in [0.25, 0.3) is 10.8 Å². The molecule has 1 atom stereocenters. The molecule has 3 rings (SSSR count). The summed E-state index contributed by atoms with van der Waals surface area (Å²) >= 11 is 0. The van der Waals surface area contributed by atoms with Gasteiger partial charge in [0.1, 0.15) is 6.04 Å². The second-order valence-electron chi connectivity index (χ2n) is 6.47. The second-order valence-corrected chi connectivity index (χ2v) is 6.47. The van der Waals surface area contributed by atoms with Gasteiger partial charge in [-0.2, -0.15) is 5.10 Å². The average Bonchev–Trinajstić information content (AvgIpc) is 2.66. The van der Waals surface area contributed by atoms with Crippen molar-refractivity contribution in [3.8, 4) is 0 Å². The van der Waals surface area contributed by atoms with Crippen LogP contribution in [0.5, 0.6) is 0 Å². The van der Waals surface area contributed by atoms with Gasteiger partial charge in [0, 0.05) is 5.69 Å². The molecule has 0 radical (unpaired) electrons. The Balaban J connectivity index is 1.63. The van der Waals surface area contributed by atoms with Gasteiger partial charge in [0.25, 0.3) is 5.91 Å². The lowest BCUT2D eigenvalue weighted by molar-refractivity contribution is -0.121. The van der Waals surface area contributed by atoms with E-state index in [0.717, 1.165) is 22.3 Å². The van der Waals surface area contributed by atoms with Crippen LogP contribution < -0.4 is 10.7 Å². The van der Waals surface area contributed by atoms with Crippen molar-refractivity contribution in [2.45, 2.75) is 26.8 Å². The molecule has 0 bridgehead atoms. The number of benzene rings is 3. The van der Waals surface area contributed by atoms with E-state index in [4.69, 9.17) is 0 Å². The first-order chi connectivity index (χ1) is 12.5. The van der Waals surface area contributed by atoms with Crippen LogP contribution in [-0.2, 0) is 4.79 Å². The molecule has 0 saturated carbocycles. The second kappa shape index (κ2) is 7.83. The van der Waals surface area contributed by atoms with Crippen molar-refractivity contribution in [1.82, 2.24) is 5.43 Å². The number of nitrogens with zero attached hydrogens (tertiary/aromatic N) is 1. The normalized spacial score (nSPS) is 12.7. The molecule has 4 heteroatoms. The first-order valence-electron chi connectivity index (χ1n) is 8.69. The Bertz CT molecular complexity index is 945. The van der Waals surface area contributed by atoms with Gasteiger partial charge in [-0.3, -0.25) is 4.79 Å². The minimum atomic E-state index is -0.397. The van der Waals surface area contributed by atoms with Crippen LogP contribution in [0.4, 0.5) is 5.69 Å². The maximum atomic E-state index is 12.3. The molecule has 0 fully saturated rings. The summed E-state index contributed by atoms with van der Waals surface area (Å²) in [6, 6.07) is 21.9. The molecule has 0 aliphatic heterocycles. The fraction of sp³-hybridized carbons (Fsp3) is 0.182. The fourth-order valence-corrected chi connectivity index (χ4v) is 2.69. The van der Waals surface area contributed by atoms with Gasteiger partial charge in [-0.25, -0.2) is 5.43 Å². The number of hydrazone groups is 1. The van der Waals surface area contributed by atoms with Crippen molar-refractivity contribution >= 4 is 28.1 Å². The van der Waals surface area contributed by atoms with Crippen LogP contribution in [0.2, 0.25) is 0 Å². The van der Waals surface area contributed by atoms with Gasteiger partial charge in [0.15, 0.2) is 0 Å². The van der Waals surface area contributed by atoms with Crippen molar-refractivity contribution in [3.05, 3.63) is 77.9 Å². The molecule has 1 amide bonds. The third-order valence-electron chi connectivity index (χ3n) is 4.33. The highest BCUT2D eigenvalue weighted by Gasteiger charge is 2.12. The van der Waals surface area contributed by atoms with Crippen molar-refractivity contribution < 1.29 is 4.79 Å². The van der Waals surface area contributed by atoms with Crippen molar-refractivity contribution in [1.29, 1.82) is 0 Å². The van der Waals surface area contributed by atoms with Gasteiger partial charge in [0.05, 0.1) is 5.71 Å². The van der Waals surface area contributed by atoms with E-state index in [1.807, 2.05) is 75.4 Å². The highest BCUT2D eigenvalue weighted by atomic mass is 16.2. The molecule has 1 unspecified atom stereocenters. The molecule has 0 aliphatic carbocycles. The Hall–Kier alpha value is -3.14. The van der Waals surface area contributed by atoms with Gasteiger partial charge < -0.3 is 5.32 Å². The molecular formula is C22H23N3O. The fourth-order valence-electron chi connectivity index (χ4n) is 2.69. The quantitative estimate of drug-likeness (QED) is 0.529. The Morgan fingerprint density at radius 2 is 1.65 bits per heavy atom. The van der Waals surface area contributed by atoms with E-state index in [1.165, 1.54) is 10.9 Å². The molecule has 2 N–H and O–H groups in total. The minimum Gasteiger partial charge on any atom is -0.374 e. The lowest BCUT2D eigenvalue weighted by Crippen LogP contribution is -2.35. The summed E-state index contributed by atoms with van der Waals surface area (Å²) in [5.41, 5.74) is 6.51. The highest BCUT2D eigenvalue weighted by molar-refractivity contribution is 5.99. The van der Waals surface area contributed by atoms with E-state index in [2.05, 4.69) is 28.0 Å². The number of hydrogen-bond acceptors (Lipinski definition) is 3. The maximum absolute atomic E-state index is 12.3. The lowest BCUT2D eigenvalue weighted by atomic mass is 10.1. The number of carbonyl (C=O) groups is 1. The van der Waals surface area contributed by atoms with E-state index < -0.39 is 6.04 Å². The van der Waals surface area contributed by atoms with Gasteiger partial charge in [0.2, 0.25) is 0 Å². The molecule has 0 saturated heterocycles. The first-order valence-corrected chi connectivity index (χ1v) is 8.69. The number of anilines is 1. The number of amides is 1. The molecule has 0 aliphatic rings. The number of carbonyl (C=O) groups excluding carboxylic acids is 1. The van der Waals surface area contributed by atoms with Gasteiger partial charge in [-0.15, -0.1) is 0 Å². The van der Waals surface area contributed by atoms with E-state index >= 15 is 0 Å².